The lowest BCUT2D eigenvalue weighted by Crippen LogP contribution is -2.47. The number of nitrogens with zero attached hydrogens (tertiary/aromatic N) is 1. The van der Waals surface area contributed by atoms with Crippen molar-refractivity contribution in [3.05, 3.63) is 35.9 Å². The first-order valence-electron chi connectivity index (χ1n) is 6.56. The molecule has 0 fully saturated rings. The third-order valence-corrected chi connectivity index (χ3v) is 3.05. The lowest BCUT2D eigenvalue weighted by atomic mass is 10.0. The maximum Gasteiger partial charge on any atom is 0.254 e. The summed E-state index contributed by atoms with van der Waals surface area (Å²) in [4.78, 5) is 23.6. The normalized spacial score (nSPS) is 14.5. The van der Waals surface area contributed by atoms with Crippen LogP contribution < -0.4 is 11.1 Å². The Morgan fingerprint density at radius 3 is 2.48 bits per heavy atom. The zero-order chi connectivity index (χ0) is 15.8. The summed E-state index contributed by atoms with van der Waals surface area (Å²) in [5.74, 6) is -1.52. The minimum atomic E-state index is -0.895. The number of hydrogen-bond acceptors (Lipinski definition) is 4. The smallest absolute Gasteiger partial charge is 0.254 e. The van der Waals surface area contributed by atoms with Gasteiger partial charge in [-0.2, -0.15) is 5.26 Å². The average Bonchev–Trinajstić information content (AvgIpc) is 2.48. The molecule has 0 aliphatic rings. The van der Waals surface area contributed by atoms with Gasteiger partial charge < -0.3 is 15.8 Å². The summed E-state index contributed by atoms with van der Waals surface area (Å²) in [5, 5.41) is 11.3. The van der Waals surface area contributed by atoms with Crippen LogP contribution in [-0.4, -0.2) is 25.0 Å². The molecule has 0 bridgehead atoms. The number of carbonyl (C=O) groups is 2. The van der Waals surface area contributed by atoms with Crippen LogP contribution in [0, 0.1) is 17.2 Å². The van der Waals surface area contributed by atoms with E-state index in [2.05, 4.69) is 5.32 Å². The van der Waals surface area contributed by atoms with Crippen molar-refractivity contribution in [1.82, 2.24) is 5.32 Å². The largest absolute Gasteiger partial charge is 0.368 e. The molecule has 0 saturated heterocycles. The lowest BCUT2D eigenvalue weighted by molar-refractivity contribution is -0.135. The predicted octanol–water partition coefficient (Wildman–Crippen LogP) is 0.894. The number of methoxy groups -OCH3 is 1. The van der Waals surface area contributed by atoms with Crippen molar-refractivity contribution in [3.8, 4) is 6.07 Å². The van der Waals surface area contributed by atoms with Crippen LogP contribution in [0.25, 0.3) is 0 Å². The molecule has 0 unspecified atom stereocenters. The summed E-state index contributed by atoms with van der Waals surface area (Å²) in [6.45, 7) is 1.66. The highest BCUT2D eigenvalue weighted by atomic mass is 16.5. The summed E-state index contributed by atoms with van der Waals surface area (Å²) in [6.07, 6.45) is -0.659. The Labute approximate surface area is 123 Å². The van der Waals surface area contributed by atoms with E-state index in [-0.39, 0.29) is 12.3 Å². The molecule has 0 aliphatic heterocycles. The first-order chi connectivity index (χ1) is 9.99. The van der Waals surface area contributed by atoms with E-state index < -0.39 is 24.0 Å². The van der Waals surface area contributed by atoms with Crippen LogP contribution in [0.2, 0.25) is 0 Å². The van der Waals surface area contributed by atoms with Crippen LogP contribution in [0.5, 0.6) is 0 Å². The van der Waals surface area contributed by atoms with E-state index in [0.717, 1.165) is 0 Å². The van der Waals surface area contributed by atoms with Crippen molar-refractivity contribution < 1.29 is 14.3 Å². The van der Waals surface area contributed by atoms with Gasteiger partial charge in [-0.15, -0.1) is 0 Å². The molecule has 21 heavy (non-hydrogen) atoms. The van der Waals surface area contributed by atoms with Gasteiger partial charge in [0.25, 0.3) is 5.91 Å². The fourth-order valence-electron chi connectivity index (χ4n) is 1.92. The molecule has 1 aromatic carbocycles. The number of ether oxygens (including phenoxy) is 1. The van der Waals surface area contributed by atoms with Crippen molar-refractivity contribution in [2.45, 2.75) is 25.5 Å². The van der Waals surface area contributed by atoms with E-state index in [1.165, 1.54) is 7.11 Å². The first-order valence-corrected chi connectivity index (χ1v) is 6.56. The third kappa shape index (κ3) is 4.89. The molecule has 6 heteroatoms. The number of primary amides is 1. The second-order valence-electron chi connectivity index (χ2n) is 4.76. The van der Waals surface area contributed by atoms with Crippen LogP contribution >= 0.6 is 0 Å². The van der Waals surface area contributed by atoms with Gasteiger partial charge >= 0.3 is 0 Å². The van der Waals surface area contributed by atoms with Crippen molar-refractivity contribution in [2.24, 2.45) is 11.7 Å². The Bertz CT molecular complexity index is 525. The Morgan fingerprint density at radius 1 is 1.38 bits per heavy atom. The number of rotatable bonds is 7. The Hall–Kier alpha value is -2.39. The molecule has 0 spiro atoms. The molecule has 0 aromatic heterocycles. The lowest BCUT2D eigenvalue weighted by Gasteiger charge is -2.21. The molecular weight excluding hydrogens is 270 g/mol. The van der Waals surface area contributed by atoms with E-state index in [4.69, 9.17) is 15.7 Å². The van der Waals surface area contributed by atoms with Crippen molar-refractivity contribution in [1.29, 1.82) is 5.26 Å². The van der Waals surface area contributed by atoms with E-state index in [0.29, 0.717) is 5.56 Å². The minimum Gasteiger partial charge on any atom is -0.368 e. The second-order valence-corrected chi connectivity index (χ2v) is 4.76. The molecule has 0 aliphatic carbocycles. The van der Waals surface area contributed by atoms with Gasteiger partial charge in [0.2, 0.25) is 5.91 Å². The molecule has 1 aromatic rings. The molecule has 2 amide bonds. The number of amides is 2. The zero-order valence-electron chi connectivity index (χ0n) is 12.1. The van der Waals surface area contributed by atoms with Crippen LogP contribution in [0.4, 0.5) is 0 Å². The monoisotopic (exact) mass is 289 g/mol. The molecule has 112 valence electrons. The maximum absolute atomic E-state index is 12.2. The first kappa shape index (κ1) is 16.7. The number of hydrogen-bond donors (Lipinski definition) is 2. The molecule has 0 radical (unpaired) electrons. The molecule has 3 atom stereocenters. The van der Waals surface area contributed by atoms with Gasteiger partial charge in [-0.05, 0) is 18.9 Å². The van der Waals surface area contributed by atoms with Crippen molar-refractivity contribution in [3.63, 3.8) is 0 Å². The average molecular weight is 289 g/mol. The van der Waals surface area contributed by atoms with Gasteiger partial charge in [-0.3, -0.25) is 9.59 Å². The topological polar surface area (TPSA) is 105 Å². The zero-order valence-corrected chi connectivity index (χ0v) is 12.1. The van der Waals surface area contributed by atoms with Crippen LogP contribution in [0.1, 0.15) is 25.0 Å². The van der Waals surface area contributed by atoms with Gasteiger partial charge in [0.15, 0.2) is 6.10 Å². The number of carbonyl (C=O) groups excluding carboxylic acids is 2. The Balaban J connectivity index is 2.80. The fraction of sp³-hybridized carbons (Fsp3) is 0.400. The van der Waals surface area contributed by atoms with Crippen molar-refractivity contribution in [2.75, 3.05) is 7.11 Å². The standard InChI is InChI=1S/C15H19N3O3/c1-10(9-16)8-12(14(17)19)18-15(20)13(21-2)11-6-4-3-5-7-11/h3-7,10,12-13H,8H2,1-2H3,(H2,17,19)(H,18,20)/t10-,12-,13-/m0/s1. The number of nitriles is 1. The SMILES string of the molecule is CO[C@H](C(=O)N[C@@H](C[C@H](C)C#N)C(N)=O)c1ccccc1. The maximum atomic E-state index is 12.2. The third-order valence-electron chi connectivity index (χ3n) is 3.05. The van der Waals surface area contributed by atoms with Gasteiger partial charge in [0, 0.05) is 13.0 Å². The van der Waals surface area contributed by atoms with E-state index in [1.807, 2.05) is 12.1 Å². The molecule has 1 rings (SSSR count). The van der Waals surface area contributed by atoms with E-state index in [9.17, 15) is 9.59 Å². The van der Waals surface area contributed by atoms with Gasteiger partial charge in [-0.1, -0.05) is 30.3 Å². The summed E-state index contributed by atoms with van der Waals surface area (Å²) in [7, 11) is 1.41. The molecule has 0 saturated carbocycles. The van der Waals surface area contributed by atoms with Crippen LogP contribution in [-0.2, 0) is 14.3 Å². The highest BCUT2D eigenvalue weighted by Crippen LogP contribution is 2.17. The van der Waals surface area contributed by atoms with E-state index in [1.54, 1.807) is 31.2 Å². The van der Waals surface area contributed by atoms with Crippen molar-refractivity contribution >= 4 is 11.8 Å². The molecule has 0 heterocycles. The van der Waals surface area contributed by atoms with Gasteiger partial charge in [-0.25, -0.2) is 0 Å². The summed E-state index contributed by atoms with van der Waals surface area (Å²) in [5.41, 5.74) is 5.94. The molecule has 3 N–H and O–H groups in total. The highest BCUT2D eigenvalue weighted by molar-refractivity contribution is 5.89. The predicted molar refractivity (Wildman–Crippen MR) is 76.7 cm³/mol. The Morgan fingerprint density at radius 2 is 2.00 bits per heavy atom. The highest BCUT2D eigenvalue weighted by Gasteiger charge is 2.26. The van der Waals surface area contributed by atoms with E-state index >= 15 is 0 Å². The quantitative estimate of drug-likeness (QED) is 0.777. The van der Waals surface area contributed by atoms with Gasteiger partial charge in [0.05, 0.1) is 6.07 Å². The summed E-state index contributed by atoms with van der Waals surface area (Å²) >= 11 is 0. The number of nitrogens with two attached hydrogens (primary N) is 1. The fourth-order valence-corrected chi connectivity index (χ4v) is 1.92. The van der Waals surface area contributed by atoms with Crippen LogP contribution in [0.3, 0.4) is 0 Å². The summed E-state index contributed by atoms with van der Waals surface area (Å²) < 4.78 is 5.18. The van der Waals surface area contributed by atoms with Gasteiger partial charge in [0.1, 0.15) is 6.04 Å². The molecule has 6 nitrogen and oxygen atoms in total. The minimum absolute atomic E-state index is 0.169. The number of nitrogens with one attached hydrogen (secondary N) is 1. The number of benzene rings is 1. The Kier molecular flexibility index (Phi) is 6.37. The van der Waals surface area contributed by atoms with Crippen LogP contribution in [0.15, 0.2) is 30.3 Å². The second kappa shape index (κ2) is 8.02. The summed E-state index contributed by atoms with van der Waals surface area (Å²) in [6, 6.07) is 10.0. The molecular formula is C15H19N3O3.